The number of allylic oxidation sites excluding steroid dienone is 4. The molecule has 0 saturated heterocycles. The highest BCUT2D eigenvalue weighted by Crippen LogP contribution is 2.17. The van der Waals surface area contributed by atoms with Crippen LogP contribution in [0.25, 0.3) is 0 Å². The number of carbonyl (C=O) groups is 1. The smallest absolute Gasteiger partial charge is 0.330 e. The highest BCUT2D eigenvalue weighted by atomic mass is 16.6. The summed E-state index contributed by atoms with van der Waals surface area (Å²) in [6, 6.07) is 0. The zero-order chi connectivity index (χ0) is 13.9. The normalized spacial score (nSPS) is 25.1. The summed E-state index contributed by atoms with van der Waals surface area (Å²) in [5.74, 6) is -0.376. The molecule has 0 amide bonds. The summed E-state index contributed by atoms with van der Waals surface area (Å²) in [5.41, 5.74) is 0. The molecule has 0 fully saturated rings. The van der Waals surface area contributed by atoms with E-state index in [0.29, 0.717) is 0 Å². The molecule has 0 radical (unpaired) electrons. The van der Waals surface area contributed by atoms with Gasteiger partial charge in [0, 0.05) is 13.2 Å². The number of esters is 1. The van der Waals surface area contributed by atoms with E-state index in [1.165, 1.54) is 6.08 Å². The molecule has 1 aliphatic rings. The van der Waals surface area contributed by atoms with Crippen molar-refractivity contribution in [3.63, 3.8) is 0 Å². The standard InChI is InChI=1S/C16H24O3/c1-3-16(17)19-15-13-11-9-7-5-4-6-8-10-12-14(15)18-2/h3,6-9,14-15H,1,4-5,10-13H2,2H3. The van der Waals surface area contributed by atoms with Crippen molar-refractivity contribution in [2.45, 2.75) is 50.7 Å². The lowest BCUT2D eigenvalue weighted by Gasteiger charge is -2.25. The van der Waals surface area contributed by atoms with Gasteiger partial charge in [0.05, 0.1) is 6.10 Å². The fourth-order valence-electron chi connectivity index (χ4n) is 2.16. The predicted octanol–water partition coefficient (Wildman–Crippen LogP) is 3.57. The van der Waals surface area contributed by atoms with E-state index in [1.807, 2.05) is 0 Å². The molecule has 0 saturated carbocycles. The summed E-state index contributed by atoms with van der Waals surface area (Å²) in [5, 5.41) is 0. The fourth-order valence-corrected chi connectivity index (χ4v) is 2.16. The van der Waals surface area contributed by atoms with Crippen LogP contribution in [-0.2, 0) is 14.3 Å². The van der Waals surface area contributed by atoms with Crippen molar-refractivity contribution in [2.75, 3.05) is 7.11 Å². The monoisotopic (exact) mass is 264 g/mol. The largest absolute Gasteiger partial charge is 0.456 e. The third kappa shape index (κ3) is 6.39. The van der Waals surface area contributed by atoms with Gasteiger partial charge in [0.2, 0.25) is 0 Å². The first-order valence-corrected chi connectivity index (χ1v) is 6.93. The quantitative estimate of drug-likeness (QED) is 0.444. The van der Waals surface area contributed by atoms with Gasteiger partial charge in [0.1, 0.15) is 6.10 Å². The summed E-state index contributed by atoms with van der Waals surface area (Å²) in [7, 11) is 1.67. The van der Waals surface area contributed by atoms with Gasteiger partial charge in [-0.05, 0) is 38.5 Å². The molecule has 0 heterocycles. The Morgan fingerprint density at radius 2 is 1.58 bits per heavy atom. The van der Waals surface area contributed by atoms with E-state index in [0.717, 1.165) is 38.5 Å². The molecular weight excluding hydrogens is 240 g/mol. The Morgan fingerprint density at radius 3 is 2.11 bits per heavy atom. The van der Waals surface area contributed by atoms with Crippen LogP contribution in [0, 0.1) is 0 Å². The average molecular weight is 264 g/mol. The maximum absolute atomic E-state index is 11.4. The number of rotatable bonds is 3. The van der Waals surface area contributed by atoms with Gasteiger partial charge in [-0.1, -0.05) is 30.9 Å². The van der Waals surface area contributed by atoms with E-state index in [9.17, 15) is 4.79 Å². The Labute approximate surface area is 116 Å². The first-order chi connectivity index (χ1) is 9.27. The van der Waals surface area contributed by atoms with Crippen molar-refractivity contribution in [3.05, 3.63) is 37.0 Å². The summed E-state index contributed by atoms with van der Waals surface area (Å²) in [6.45, 7) is 3.44. The minimum atomic E-state index is -0.376. The van der Waals surface area contributed by atoms with Crippen LogP contribution in [0.5, 0.6) is 0 Å². The second-order valence-corrected chi connectivity index (χ2v) is 4.63. The molecule has 0 aliphatic heterocycles. The van der Waals surface area contributed by atoms with Crippen molar-refractivity contribution in [1.29, 1.82) is 0 Å². The summed E-state index contributed by atoms with van der Waals surface area (Å²) in [4.78, 5) is 11.4. The van der Waals surface area contributed by atoms with E-state index >= 15 is 0 Å². The van der Waals surface area contributed by atoms with Crippen LogP contribution < -0.4 is 0 Å². The lowest BCUT2D eigenvalue weighted by molar-refractivity contribution is -0.151. The van der Waals surface area contributed by atoms with Crippen molar-refractivity contribution >= 4 is 5.97 Å². The van der Waals surface area contributed by atoms with Gasteiger partial charge < -0.3 is 9.47 Å². The van der Waals surface area contributed by atoms with Crippen LogP contribution in [0.3, 0.4) is 0 Å². The van der Waals surface area contributed by atoms with Gasteiger partial charge in [0.15, 0.2) is 0 Å². The van der Waals surface area contributed by atoms with Gasteiger partial charge in [-0.2, -0.15) is 0 Å². The van der Waals surface area contributed by atoms with E-state index in [-0.39, 0.29) is 18.2 Å². The molecule has 2 unspecified atom stereocenters. The van der Waals surface area contributed by atoms with Gasteiger partial charge in [0.25, 0.3) is 0 Å². The Hall–Kier alpha value is -1.35. The van der Waals surface area contributed by atoms with Crippen molar-refractivity contribution < 1.29 is 14.3 Å². The van der Waals surface area contributed by atoms with E-state index in [2.05, 4.69) is 30.9 Å². The average Bonchev–Trinajstić information content (AvgIpc) is 2.41. The topological polar surface area (TPSA) is 35.5 Å². The lowest BCUT2D eigenvalue weighted by Crippen LogP contribution is -2.32. The SMILES string of the molecule is C=CC(=O)OC1CCC=CCCC=CCCC1OC. The first-order valence-electron chi connectivity index (χ1n) is 6.93. The number of methoxy groups -OCH3 is 1. The van der Waals surface area contributed by atoms with Gasteiger partial charge in [-0.25, -0.2) is 4.79 Å². The molecule has 2 atom stereocenters. The van der Waals surface area contributed by atoms with Crippen LogP contribution in [-0.4, -0.2) is 25.3 Å². The number of ether oxygens (including phenoxy) is 2. The van der Waals surface area contributed by atoms with Crippen LogP contribution in [0.15, 0.2) is 37.0 Å². The van der Waals surface area contributed by atoms with Crippen molar-refractivity contribution in [3.8, 4) is 0 Å². The Morgan fingerprint density at radius 1 is 1.05 bits per heavy atom. The maximum atomic E-state index is 11.4. The highest BCUT2D eigenvalue weighted by Gasteiger charge is 2.23. The molecule has 0 aromatic heterocycles. The Bertz CT molecular complexity index is 331. The molecule has 106 valence electrons. The van der Waals surface area contributed by atoms with E-state index in [1.54, 1.807) is 7.11 Å². The fraction of sp³-hybridized carbons (Fsp3) is 0.562. The molecule has 1 aliphatic carbocycles. The molecule has 3 nitrogen and oxygen atoms in total. The molecule has 0 aromatic rings. The molecule has 0 aromatic carbocycles. The molecule has 0 N–H and O–H groups in total. The summed E-state index contributed by atoms with van der Waals surface area (Å²) < 4.78 is 10.9. The lowest BCUT2D eigenvalue weighted by atomic mass is 10.0. The molecule has 0 spiro atoms. The summed E-state index contributed by atoms with van der Waals surface area (Å²) in [6.07, 6.45) is 15.3. The number of carbonyl (C=O) groups excluding carboxylic acids is 1. The third-order valence-electron chi connectivity index (χ3n) is 3.22. The van der Waals surface area contributed by atoms with Gasteiger partial charge in [-0.15, -0.1) is 0 Å². The van der Waals surface area contributed by atoms with Crippen LogP contribution in [0.4, 0.5) is 0 Å². The van der Waals surface area contributed by atoms with E-state index < -0.39 is 0 Å². The second-order valence-electron chi connectivity index (χ2n) is 4.63. The zero-order valence-electron chi connectivity index (χ0n) is 11.7. The maximum Gasteiger partial charge on any atom is 0.330 e. The summed E-state index contributed by atoms with van der Waals surface area (Å²) >= 11 is 0. The van der Waals surface area contributed by atoms with E-state index in [4.69, 9.17) is 9.47 Å². The molecule has 0 bridgehead atoms. The second kappa shape index (κ2) is 9.56. The van der Waals surface area contributed by atoms with Crippen molar-refractivity contribution in [2.24, 2.45) is 0 Å². The van der Waals surface area contributed by atoms with Gasteiger partial charge in [-0.3, -0.25) is 0 Å². The van der Waals surface area contributed by atoms with Crippen LogP contribution in [0.1, 0.15) is 38.5 Å². The Balaban J connectivity index is 2.67. The third-order valence-corrected chi connectivity index (χ3v) is 3.22. The molecule has 3 heteroatoms. The predicted molar refractivity (Wildman–Crippen MR) is 76.9 cm³/mol. The van der Waals surface area contributed by atoms with Crippen molar-refractivity contribution in [1.82, 2.24) is 0 Å². The number of hydrogen-bond acceptors (Lipinski definition) is 3. The molecule has 19 heavy (non-hydrogen) atoms. The highest BCUT2D eigenvalue weighted by molar-refractivity contribution is 5.81. The minimum Gasteiger partial charge on any atom is -0.456 e. The molecular formula is C16H24O3. The number of hydrogen-bond donors (Lipinski definition) is 0. The first kappa shape index (κ1) is 15.7. The van der Waals surface area contributed by atoms with Crippen LogP contribution >= 0.6 is 0 Å². The van der Waals surface area contributed by atoms with Crippen LogP contribution in [0.2, 0.25) is 0 Å². The minimum absolute atomic E-state index is 0.0543. The molecule has 1 rings (SSSR count). The zero-order valence-corrected chi connectivity index (χ0v) is 11.7. The Kier molecular flexibility index (Phi) is 7.91. The van der Waals surface area contributed by atoms with Gasteiger partial charge >= 0.3 is 5.97 Å².